The van der Waals surface area contributed by atoms with Gasteiger partial charge < -0.3 is 9.64 Å². The molecular formula is C16H26ClN3O2. The van der Waals surface area contributed by atoms with Gasteiger partial charge in [-0.05, 0) is 25.3 Å². The Bertz CT molecular complexity index is 524. The van der Waals surface area contributed by atoms with Gasteiger partial charge in [-0.25, -0.2) is 0 Å². The van der Waals surface area contributed by atoms with E-state index in [1.54, 1.807) is 35.9 Å². The van der Waals surface area contributed by atoms with Crippen LogP contribution in [0.2, 0.25) is 5.15 Å². The van der Waals surface area contributed by atoms with Crippen LogP contribution in [0.3, 0.4) is 0 Å². The first-order valence-corrected chi connectivity index (χ1v) is 7.89. The third-order valence-corrected chi connectivity index (χ3v) is 3.66. The Labute approximate surface area is 137 Å². The predicted molar refractivity (Wildman–Crippen MR) is 90.0 cm³/mol. The molecule has 0 aliphatic heterocycles. The highest BCUT2D eigenvalue weighted by atomic mass is 35.5. The molecule has 22 heavy (non-hydrogen) atoms. The van der Waals surface area contributed by atoms with E-state index in [9.17, 15) is 4.79 Å². The van der Waals surface area contributed by atoms with Crippen molar-refractivity contribution in [3.05, 3.63) is 22.5 Å². The van der Waals surface area contributed by atoms with Crippen LogP contribution in [0, 0.1) is 12.8 Å². The van der Waals surface area contributed by atoms with E-state index in [4.69, 9.17) is 16.3 Å². The topological polar surface area (TPSA) is 47.4 Å². The predicted octanol–water partition coefficient (Wildman–Crippen LogP) is 3.01. The van der Waals surface area contributed by atoms with E-state index in [1.165, 1.54) is 0 Å². The molecule has 0 atom stereocenters. The molecule has 0 aliphatic rings. The first kappa shape index (κ1) is 18.7. The van der Waals surface area contributed by atoms with Gasteiger partial charge in [0.1, 0.15) is 5.15 Å². The summed E-state index contributed by atoms with van der Waals surface area (Å²) in [4.78, 5) is 13.7. The van der Waals surface area contributed by atoms with Crippen LogP contribution in [0.15, 0.2) is 6.08 Å². The minimum absolute atomic E-state index is 0.0526. The number of nitrogens with zero attached hydrogens (tertiary/aromatic N) is 3. The lowest BCUT2D eigenvalue weighted by molar-refractivity contribution is -0.124. The summed E-state index contributed by atoms with van der Waals surface area (Å²) in [6.45, 7) is 8.20. The average molecular weight is 328 g/mol. The van der Waals surface area contributed by atoms with Crippen LogP contribution < -0.4 is 0 Å². The third kappa shape index (κ3) is 5.46. The van der Waals surface area contributed by atoms with Crippen LogP contribution in [0.4, 0.5) is 0 Å². The summed E-state index contributed by atoms with van der Waals surface area (Å²) in [5, 5.41) is 5.01. The number of carbonyl (C=O) groups is 1. The summed E-state index contributed by atoms with van der Waals surface area (Å²) in [7, 11) is 3.43. The van der Waals surface area contributed by atoms with Crippen molar-refractivity contribution in [2.75, 3.05) is 27.3 Å². The fourth-order valence-electron chi connectivity index (χ4n) is 2.06. The summed E-state index contributed by atoms with van der Waals surface area (Å²) in [5.41, 5.74) is 1.64. The molecule has 0 fully saturated rings. The van der Waals surface area contributed by atoms with Crippen molar-refractivity contribution in [3.8, 4) is 0 Å². The number of halogens is 1. The van der Waals surface area contributed by atoms with E-state index < -0.39 is 0 Å². The zero-order valence-corrected chi connectivity index (χ0v) is 14.9. The summed E-state index contributed by atoms with van der Waals surface area (Å²) < 4.78 is 6.77. The highest BCUT2D eigenvalue weighted by molar-refractivity contribution is 6.31. The highest BCUT2D eigenvalue weighted by Gasteiger charge is 2.13. The molecule has 0 unspecified atom stereocenters. The van der Waals surface area contributed by atoms with E-state index in [1.807, 2.05) is 6.92 Å². The first-order valence-electron chi connectivity index (χ1n) is 7.51. The molecule has 1 rings (SSSR count). The first-order chi connectivity index (χ1) is 10.4. The van der Waals surface area contributed by atoms with Gasteiger partial charge in [-0.2, -0.15) is 5.10 Å². The minimum Gasteiger partial charge on any atom is -0.385 e. The van der Waals surface area contributed by atoms with Gasteiger partial charge in [0.25, 0.3) is 0 Å². The van der Waals surface area contributed by atoms with Crippen LogP contribution in [-0.2, 0) is 16.1 Å². The van der Waals surface area contributed by atoms with Gasteiger partial charge in [-0.15, -0.1) is 0 Å². The molecule has 0 aromatic carbocycles. The zero-order chi connectivity index (χ0) is 16.7. The van der Waals surface area contributed by atoms with Crippen molar-refractivity contribution in [3.63, 3.8) is 0 Å². The SMILES string of the molecule is COCCCN(C)C(=O)/C=C/c1c(C)nn(CC(C)C)c1Cl. The second-order valence-corrected chi connectivity index (χ2v) is 6.16. The second kappa shape index (κ2) is 8.96. The number of aryl methyl sites for hydroxylation is 1. The van der Waals surface area contributed by atoms with Crippen molar-refractivity contribution >= 4 is 23.6 Å². The standard InChI is InChI=1S/C16H26ClN3O2/c1-12(2)11-20-16(17)14(13(3)18-20)7-8-15(21)19(4)9-6-10-22-5/h7-8,12H,6,9-11H2,1-5H3/b8-7+. The molecule has 0 aliphatic carbocycles. The summed E-state index contributed by atoms with van der Waals surface area (Å²) >= 11 is 6.35. The lowest BCUT2D eigenvalue weighted by Gasteiger charge is -2.14. The molecule has 0 spiro atoms. The van der Waals surface area contributed by atoms with Gasteiger partial charge in [0.15, 0.2) is 0 Å². The Morgan fingerprint density at radius 1 is 1.50 bits per heavy atom. The van der Waals surface area contributed by atoms with Crippen molar-refractivity contribution in [1.29, 1.82) is 0 Å². The molecule has 1 heterocycles. The summed E-state index contributed by atoms with van der Waals surface area (Å²) in [6, 6.07) is 0. The lowest BCUT2D eigenvalue weighted by Crippen LogP contribution is -2.26. The number of rotatable bonds is 8. The number of likely N-dealkylation sites (N-methyl/N-ethyl adjacent to an activating group) is 1. The third-order valence-electron chi connectivity index (χ3n) is 3.26. The monoisotopic (exact) mass is 327 g/mol. The lowest BCUT2D eigenvalue weighted by atomic mass is 10.2. The van der Waals surface area contributed by atoms with Gasteiger partial charge in [0.2, 0.25) is 5.91 Å². The van der Waals surface area contributed by atoms with Crippen LogP contribution in [0.25, 0.3) is 6.08 Å². The zero-order valence-electron chi connectivity index (χ0n) is 14.1. The van der Waals surface area contributed by atoms with E-state index >= 15 is 0 Å². The molecule has 0 saturated heterocycles. The van der Waals surface area contributed by atoms with Crippen molar-refractivity contribution < 1.29 is 9.53 Å². The summed E-state index contributed by atoms with van der Waals surface area (Å²) in [6.07, 6.45) is 4.11. The Kier molecular flexibility index (Phi) is 7.62. The Balaban J connectivity index is 2.73. The van der Waals surface area contributed by atoms with Crippen LogP contribution in [0.5, 0.6) is 0 Å². The maximum Gasteiger partial charge on any atom is 0.246 e. The Morgan fingerprint density at radius 3 is 2.77 bits per heavy atom. The van der Waals surface area contributed by atoms with Crippen molar-refractivity contribution in [2.24, 2.45) is 5.92 Å². The molecular weight excluding hydrogens is 302 g/mol. The largest absolute Gasteiger partial charge is 0.385 e. The van der Waals surface area contributed by atoms with E-state index in [0.29, 0.717) is 24.2 Å². The van der Waals surface area contributed by atoms with E-state index in [0.717, 1.165) is 24.2 Å². The number of ether oxygens (including phenoxy) is 1. The molecule has 0 N–H and O–H groups in total. The number of hydrogen-bond donors (Lipinski definition) is 0. The van der Waals surface area contributed by atoms with Crippen LogP contribution in [0.1, 0.15) is 31.5 Å². The fourth-order valence-corrected chi connectivity index (χ4v) is 2.37. The minimum atomic E-state index is -0.0526. The van der Waals surface area contributed by atoms with Crippen molar-refractivity contribution in [1.82, 2.24) is 14.7 Å². The maximum absolute atomic E-state index is 12.0. The van der Waals surface area contributed by atoms with Crippen LogP contribution in [-0.4, -0.2) is 47.9 Å². The fraction of sp³-hybridized carbons (Fsp3) is 0.625. The number of aromatic nitrogens is 2. The van der Waals surface area contributed by atoms with Crippen LogP contribution >= 0.6 is 11.6 Å². The Hall–Kier alpha value is -1.33. The molecule has 1 amide bonds. The number of methoxy groups -OCH3 is 1. The van der Waals surface area contributed by atoms with E-state index in [2.05, 4.69) is 18.9 Å². The second-order valence-electron chi connectivity index (χ2n) is 5.81. The molecule has 5 nitrogen and oxygen atoms in total. The number of carbonyl (C=O) groups excluding carboxylic acids is 1. The van der Waals surface area contributed by atoms with Gasteiger partial charge in [-0.3, -0.25) is 9.48 Å². The molecule has 1 aromatic heterocycles. The molecule has 0 radical (unpaired) electrons. The quantitative estimate of drug-likeness (QED) is 0.544. The van der Waals surface area contributed by atoms with Gasteiger partial charge in [0.05, 0.1) is 5.69 Å². The van der Waals surface area contributed by atoms with Crippen molar-refractivity contribution in [2.45, 2.75) is 33.7 Å². The average Bonchev–Trinajstić information content (AvgIpc) is 2.70. The highest BCUT2D eigenvalue weighted by Crippen LogP contribution is 2.22. The van der Waals surface area contributed by atoms with Gasteiger partial charge in [0, 0.05) is 45.5 Å². The molecule has 1 aromatic rings. The molecule has 0 saturated carbocycles. The van der Waals surface area contributed by atoms with E-state index in [-0.39, 0.29) is 5.91 Å². The molecule has 6 heteroatoms. The smallest absolute Gasteiger partial charge is 0.246 e. The summed E-state index contributed by atoms with van der Waals surface area (Å²) in [5.74, 6) is 0.408. The maximum atomic E-state index is 12.0. The van der Waals surface area contributed by atoms with Gasteiger partial charge in [-0.1, -0.05) is 25.4 Å². The molecule has 124 valence electrons. The van der Waals surface area contributed by atoms with Gasteiger partial charge >= 0.3 is 0 Å². The normalized spacial score (nSPS) is 11.6. The number of amides is 1. The number of hydrogen-bond acceptors (Lipinski definition) is 3. The molecule has 0 bridgehead atoms. The Morgan fingerprint density at radius 2 is 2.18 bits per heavy atom.